The molecular formula is C25H32N2O5S. The van der Waals surface area contributed by atoms with Gasteiger partial charge in [0.25, 0.3) is 0 Å². The molecule has 0 unspecified atom stereocenters. The molecule has 0 amide bonds. The second-order valence-electron chi connectivity index (χ2n) is 9.34. The fourth-order valence-corrected chi connectivity index (χ4v) is 6.20. The molecule has 4 rings (SSSR count). The van der Waals surface area contributed by atoms with E-state index in [9.17, 15) is 18.0 Å². The van der Waals surface area contributed by atoms with Gasteiger partial charge >= 0.3 is 5.97 Å². The van der Waals surface area contributed by atoms with Crippen LogP contribution in [0.5, 0.6) is 0 Å². The Kier molecular flexibility index (Phi) is 6.51. The van der Waals surface area contributed by atoms with Crippen molar-refractivity contribution in [2.45, 2.75) is 64.3 Å². The highest BCUT2D eigenvalue weighted by molar-refractivity contribution is 7.89. The fourth-order valence-electron chi connectivity index (χ4n) is 4.64. The predicted molar refractivity (Wildman–Crippen MR) is 125 cm³/mol. The van der Waals surface area contributed by atoms with Gasteiger partial charge in [0.2, 0.25) is 15.8 Å². The van der Waals surface area contributed by atoms with E-state index in [4.69, 9.17) is 4.74 Å². The molecule has 0 bridgehead atoms. The maximum Gasteiger partial charge on any atom is 0.309 e. The summed E-state index contributed by atoms with van der Waals surface area (Å²) >= 11 is 0. The van der Waals surface area contributed by atoms with E-state index in [2.05, 4.69) is 4.57 Å². The van der Waals surface area contributed by atoms with Crippen LogP contribution in [-0.2, 0) is 19.6 Å². The van der Waals surface area contributed by atoms with Gasteiger partial charge in [0.1, 0.15) is 0 Å². The molecule has 0 atom stereocenters. The van der Waals surface area contributed by atoms with Gasteiger partial charge in [-0.1, -0.05) is 6.07 Å². The second kappa shape index (κ2) is 9.06. The van der Waals surface area contributed by atoms with E-state index in [0.29, 0.717) is 24.4 Å². The van der Waals surface area contributed by atoms with E-state index in [1.807, 2.05) is 39.8 Å². The van der Waals surface area contributed by atoms with Crippen molar-refractivity contribution in [2.24, 2.45) is 5.92 Å². The lowest BCUT2D eigenvalue weighted by Gasteiger charge is -2.30. The number of aryl methyl sites for hydroxylation is 3. The first-order valence-electron chi connectivity index (χ1n) is 11.5. The zero-order valence-corrected chi connectivity index (χ0v) is 20.6. The Labute approximate surface area is 195 Å². The van der Waals surface area contributed by atoms with Crippen LogP contribution in [0.15, 0.2) is 29.2 Å². The Morgan fingerprint density at radius 1 is 0.970 bits per heavy atom. The van der Waals surface area contributed by atoms with E-state index < -0.39 is 21.9 Å². The monoisotopic (exact) mass is 472 g/mol. The van der Waals surface area contributed by atoms with Crippen LogP contribution >= 0.6 is 0 Å². The molecular weight excluding hydrogens is 440 g/mol. The van der Waals surface area contributed by atoms with Gasteiger partial charge in [-0.15, -0.1) is 0 Å². The average Bonchev–Trinajstić information content (AvgIpc) is 3.57. The first-order valence-corrected chi connectivity index (χ1v) is 13.0. The van der Waals surface area contributed by atoms with Gasteiger partial charge < -0.3 is 9.30 Å². The van der Waals surface area contributed by atoms with Gasteiger partial charge in [0.05, 0.1) is 10.8 Å². The summed E-state index contributed by atoms with van der Waals surface area (Å²) in [5, 5.41) is 0. The lowest BCUT2D eigenvalue weighted by Crippen LogP contribution is -2.40. The number of sulfonamides is 1. The molecule has 2 heterocycles. The van der Waals surface area contributed by atoms with Crippen LogP contribution in [0, 0.1) is 33.6 Å². The summed E-state index contributed by atoms with van der Waals surface area (Å²) in [4.78, 5) is 25.5. The number of Topliss-reactive ketones (excluding diaryl/α,β-unsaturated/α-hetero) is 1. The molecule has 8 heteroatoms. The Morgan fingerprint density at radius 2 is 1.64 bits per heavy atom. The number of aromatic nitrogens is 1. The molecule has 1 saturated carbocycles. The van der Waals surface area contributed by atoms with Crippen LogP contribution in [0.2, 0.25) is 0 Å². The summed E-state index contributed by atoms with van der Waals surface area (Å²) in [6, 6.07) is 7.49. The quantitative estimate of drug-likeness (QED) is 0.451. The molecule has 1 saturated heterocycles. The number of rotatable bonds is 7. The molecule has 2 aromatic rings. The number of piperidine rings is 1. The van der Waals surface area contributed by atoms with Crippen molar-refractivity contribution in [3.63, 3.8) is 0 Å². The SMILES string of the molecule is Cc1ccc(S(=O)(=O)N2CCC(C(=O)OCC(=O)c3cc(C)n(C4CC4)c3C)CC2)cc1C. The number of hydrogen-bond donors (Lipinski definition) is 0. The first-order chi connectivity index (χ1) is 15.6. The largest absolute Gasteiger partial charge is 0.457 e. The van der Waals surface area contributed by atoms with Crippen molar-refractivity contribution in [2.75, 3.05) is 19.7 Å². The third-order valence-corrected chi connectivity index (χ3v) is 8.84. The highest BCUT2D eigenvalue weighted by Gasteiger charge is 2.33. The Hall–Kier alpha value is -2.45. The number of ketones is 1. The van der Waals surface area contributed by atoms with Gasteiger partial charge in [0, 0.05) is 36.1 Å². The summed E-state index contributed by atoms with van der Waals surface area (Å²) in [5.41, 5.74) is 4.57. The molecule has 1 aromatic carbocycles. The van der Waals surface area contributed by atoms with E-state index in [1.54, 1.807) is 12.1 Å². The summed E-state index contributed by atoms with van der Waals surface area (Å²) in [7, 11) is -3.60. The number of esters is 1. The molecule has 178 valence electrons. The lowest BCUT2D eigenvalue weighted by atomic mass is 9.98. The topological polar surface area (TPSA) is 85.7 Å². The van der Waals surface area contributed by atoms with Crippen LogP contribution in [-0.4, -0.2) is 48.7 Å². The van der Waals surface area contributed by atoms with Crippen LogP contribution in [0.1, 0.15) is 64.6 Å². The number of carbonyl (C=O) groups is 2. The Balaban J connectivity index is 1.32. The Bertz CT molecular complexity index is 1190. The number of nitrogens with zero attached hydrogens (tertiary/aromatic N) is 2. The van der Waals surface area contributed by atoms with Crippen molar-refractivity contribution in [1.29, 1.82) is 0 Å². The molecule has 7 nitrogen and oxygen atoms in total. The third kappa shape index (κ3) is 4.77. The van der Waals surface area contributed by atoms with Crippen LogP contribution in [0.4, 0.5) is 0 Å². The summed E-state index contributed by atoms with van der Waals surface area (Å²) < 4.78 is 34.9. The molecule has 33 heavy (non-hydrogen) atoms. The zero-order valence-electron chi connectivity index (χ0n) is 19.8. The van der Waals surface area contributed by atoms with Gasteiger partial charge in [-0.2, -0.15) is 4.31 Å². The number of hydrogen-bond acceptors (Lipinski definition) is 5. The van der Waals surface area contributed by atoms with E-state index in [-0.39, 0.29) is 30.4 Å². The molecule has 1 aliphatic heterocycles. The first kappa shape index (κ1) is 23.7. The van der Waals surface area contributed by atoms with E-state index in [1.165, 1.54) is 4.31 Å². The zero-order chi connectivity index (χ0) is 23.9. The maximum absolute atomic E-state index is 13.0. The van der Waals surface area contributed by atoms with Crippen LogP contribution in [0.3, 0.4) is 0 Å². The van der Waals surface area contributed by atoms with Crippen molar-refractivity contribution in [3.05, 3.63) is 52.3 Å². The van der Waals surface area contributed by atoms with Crippen LogP contribution < -0.4 is 0 Å². The third-order valence-electron chi connectivity index (χ3n) is 6.95. The highest BCUT2D eigenvalue weighted by Crippen LogP contribution is 2.38. The number of ether oxygens (including phenoxy) is 1. The second-order valence-corrected chi connectivity index (χ2v) is 11.3. The van der Waals surface area contributed by atoms with E-state index >= 15 is 0 Å². The lowest BCUT2D eigenvalue weighted by molar-refractivity contribution is -0.148. The minimum Gasteiger partial charge on any atom is -0.457 e. The molecule has 2 aliphatic rings. The van der Waals surface area contributed by atoms with E-state index in [0.717, 1.165) is 35.4 Å². The number of benzene rings is 1. The normalized spacial score (nSPS) is 17.8. The van der Waals surface area contributed by atoms with Gasteiger partial charge in [-0.3, -0.25) is 9.59 Å². The Morgan fingerprint density at radius 3 is 2.24 bits per heavy atom. The van der Waals surface area contributed by atoms with Crippen molar-refractivity contribution in [3.8, 4) is 0 Å². The maximum atomic E-state index is 13.0. The molecule has 0 N–H and O–H groups in total. The molecule has 1 aromatic heterocycles. The molecule has 2 fully saturated rings. The number of carbonyl (C=O) groups excluding carboxylic acids is 2. The average molecular weight is 473 g/mol. The summed E-state index contributed by atoms with van der Waals surface area (Å²) in [6.07, 6.45) is 3.04. The van der Waals surface area contributed by atoms with Gasteiger partial charge in [0.15, 0.2) is 6.61 Å². The van der Waals surface area contributed by atoms with Gasteiger partial charge in [-0.05, 0) is 82.7 Å². The highest BCUT2D eigenvalue weighted by atomic mass is 32.2. The van der Waals surface area contributed by atoms with Crippen molar-refractivity contribution < 1.29 is 22.7 Å². The van der Waals surface area contributed by atoms with Crippen molar-refractivity contribution in [1.82, 2.24) is 8.87 Å². The molecule has 0 radical (unpaired) electrons. The fraction of sp³-hybridized carbons (Fsp3) is 0.520. The van der Waals surface area contributed by atoms with Gasteiger partial charge in [-0.25, -0.2) is 8.42 Å². The molecule has 0 spiro atoms. The minimum atomic E-state index is -3.60. The predicted octanol–water partition coefficient (Wildman–Crippen LogP) is 3.88. The summed E-state index contributed by atoms with van der Waals surface area (Å²) in [6.45, 7) is 7.99. The van der Waals surface area contributed by atoms with Crippen molar-refractivity contribution >= 4 is 21.8 Å². The van der Waals surface area contributed by atoms with Crippen LogP contribution in [0.25, 0.3) is 0 Å². The molecule has 1 aliphatic carbocycles. The standard InChI is InChI=1S/C25H32N2O5S/c1-16-5-8-22(13-17(16)2)33(30,31)26-11-9-20(10-12-26)25(29)32-15-24(28)23-14-18(3)27(19(23)4)21-6-7-21/h5,8,13-14,20-21H,6-7,9-12,15H2,1-4H3. The minimum absolute atomic E-state index is 0.196. The summed E-state index contributed by atoms with van der Waals surface area (Å²) in [5.74, 6) is -1.02. The smallest absolute Gasteiger partial charge is 0.309 e.